The van der Waals surface area contributed by atoms with Crippen LogP contribution in [0.5, 0.6) is 0 Å². The first-order valence-electron chi connectivity index (χ1n) is 5.14. The van der Waals surface area contributed by atoms with E-state index in [1.165, 1.54) is 18.5 Å². The fourth-order valence-corrected chi connectivity index (χ4v) is 3.42. The minimum Gasteiger partial charge on any atom is -0.278 e. The molecule has 2 heterocycles. The highest BCUT2D eigenvalue weighted by molar-refractivity contribution is 9.10. The Labute approximate surface area is 124 Å². The quantitative estimate of drug-likeness (QED) is 0.852. The van der Waals surface area contributed by atoms with Crippen LogP contribution in [0.2, 0.25) is 5.15 Å². The standard InChI is InChI=1S/C11H9BrClN3O2S/c1-7-2-3-14-6-9(7)16-19(17,18)10-4-8(12)5-15-11(10)13/h2-6,16H,1H3. The molecule has 0 bridgehead atoms. The van der Waals surface area contributed by atoms with Crippen LogP contribution in [0.15, 0.2) is 40.1 Å². The summed E-state index contributed by atoms with van der Waals surface area (Å²) in [6.45, 7) is 1.78. The second kappa shape index (κ2) is 5.44. The predicted molar refractivity (Wildman–Crippen MR) is 76.7 cm³/mol. The van der Waals surface area contributed by atoms with Gasteiger partial charge in [-0.25, -0.2) is 13.4 Å². The number of aromatic nitrogens is 2. The van der Waals surface area contributed by atoms with Gasteiger partial charge in [0, 0.05) is 16.9 Å². The van der Waals surface area contributed by atoms with Crippen molar-refractivity contribution in [3.63, 3.8) is 0 Å². The Morgan fingerprint density at radius 2 is 2.11 bits per heavy atom. The summed E-state index contributed by atoms with van der Waals surface area (Å²) in [5.41, 5.74) is 1.16. The summed E-state index contributed by atoms with van der Waals surface area (Å²) in [4.78, 5) is 7.58. The summed E-state index contributed by atoms with van der Waals surface area (Å²) in [5, 5.41) is -0.0859. The van der Waals surface area contributed by atoms with Gasteiger partial charge in [0.05, 0.1) is 11.9 Å². The van der Waals surface area contributed by atoms with Gasteiger partial charge in [-0.2, -0.15) is 0 Å². The molecule has 0 aromatic carbocycles. The number of hydrogen-bond acceptors (Lipinski definition) is 4. The predicted octanol–water partition coefficient (Wildman–Crippen LogP) is 3.00. The van der Waals surface area contributed by atoms with E-state index in [4.69, 9.17) is 11.6 Å². The fraction of sp³-hybridized carbons (Fsp3) is 0.0909. The molecule has 0 saturated heterocycles. The molecule has 0 aliphatic heterocycles. The van der Waals surface area contributed by atoms with Gasteiger partial charge in [-0.15, -0.1) is 0 Å². The molecule has 0 fully saturated rings. The molecule has 0 spiro atoms. The van der Waals surface area contributed by atoms with Crippen LogP contribution in [0, 0.1) is 6.92 Å². The molecule has 2 aromatic rings. The Morgan fingerprint density at radius 1 is 1.37 bits per heavy atom. The second-order valence-electron chi connectivity index (χ2n) is 3.74. The van der Waals surface area contributed by atoms with Gasteiger partial charge >= 0.3 is 0 Å². The topological polar surface area (TPSA) is 72.0 Å². The minimum atomic E-state index is -3.80. The number of nitrogens with zero attached hydrogens (tertiary/aromatic N) is 2. The van der Waals surface area contributed by atoms with E-state index in [0.29, 0.717) is 10.2 Å². The molecule has 0 atom stereocenters. The van der Waals surface area contributed by atoms with Gasteiger partial charge in [-0.1, -0.05) is 11.6 Å². The summed E-state index contributed by atoms with van der Waals surface area (Å²) in [6, 6.07) is 3.10. The SMILES string of the molecule is Cc1ccncc1NS(=O)(=O)c1cc(Br)cnc1Cl. The molecular weight excluding hydrogens is 354 g/mol. The minimum absolute atomic E-state index is 0.0859. The third-order valence-electron chi connectivity index (χ3n) is 2.35. The molecule has 8 heteroatoms. The summed E-state index contributed by atoms with van der Waals surface area (Å²) in [6.07, 6.45) is 4.45. The van der Waals surface area contributed by atoms with Crippen LogP contribution in [0.25, 0.3) is 0 Å². The zero-order valence-corrected chi connectivity index (χ0v) is 12.9. The van der Waals surface area contributed by atoms with Gasteiger partial charge in [0.1, 0.15) is 10.0 Å². The zero-order chi connectivity index (χ0) is 14.0. The first kappa shape index (κ1) is 14.2. The average Bonchev–Trinajstić information content (AvgIpc) is 2.35. The molecule has 0 radical (unpaired) electrons. The van der Waals surface area contributed by atoms with E-state index >= 15 is 0 Å². The molecule has 2 rings (SSSR count). The number of pyridine rings is 2. The first-order valence-corrected chi connectivity index (χ1v) is 7.80. The molecule has 1 N–H and O–H groups in total. The highest BCUT2D eigenvalue weighted by atomic mass is 79.9. The van der Waals surface area contributed by atoms with Gasteiger partial charge < -0.3 is 0 Å². The first-order chi connectivity index (χ1) is 8.90. The summed E-state index contributed by atoms with van der Waals surface area (Å²) in [7, 11) is -3.80. The zero-order valence-electron chi connectivity index (χ0n) is 9.76. The van der Waals surface area contributed by atoms with Crippen LogP contribution in [-0.2, 0) is 10.0 Å². The van der Waals surface area contributed by atoms with Crippen molar-refractivity contribution in [2.24, 2.45) is 0 Å². The third kappa shape index (κ3) is 3.23. The molecule has 0 unspecified atom stereocenters. The van der Waals surface area contributed by atoms with Crippen LogP contribution in [0.1, 0.15) is 5.56 Å². The second-order valence-corrected chi connectivity index (χ2v) is 6.66. The molecule has 100 valence electrons. The molecule has 0 aliphatic carbocycles. The van der Waals surface area contributed by atoms with E-state index in [9.17, 15) is 8.42 Å². The molecule has 0 amide bonds. The van der Waals surface area contributed by atoms with Crippen molar-refractivity contribution in [3.05, 3.63) is 45.9 Å². The van der Waals surface area contributed by atoms with Crippen LogP contribution >= 0.6 is 27.5 Å². The molecule has 0 aliphatic rings. The summed E-state index contributed by atoms with van der Waals surface area (Å²) < 4.78 is 27.4. The van der Waals surface area contributed by atoms with Crippen LogP contribution in [0.4, 0.5) is 5.69 Å². The Kier molecular flexibility index (Phi) is 4.07. The number of hydrogen-bond donors (Lipinski definition) is 1. The summed E-state index contributed by atoms with van der Waals surface area (Å²) in [5.74, 6) is 0. The van der Waals surface area contributed by atoms with E-state index in [2.05, 4.69) is 30.6 Å². The number of sulfonamides is 1. The van der Waals surface area contributed by atoms with Crippen molar-refractivity contribution in [1.29, 1.82) is 0 Å². The molecule has 2 aromatic heterocycles. The lowest BCUT2D eigenvalue weighted by atomic mass is 10.3. The van der Waals surface area contributed by atoms with Gasteiger partial charge in [0.25, 0.3) is 10.0 Å². The van der Waals surface area contributed by atoms with Crippen LogP contribution < -0.4 is 4.72 Å². The van der Waals surface area contributed by atoms with Gasteiger partial charge in [-0.3, -0.25) is 9.71 Å². The van der Waals surface area contributed by atoms with E-state index in [1.54, 1.807) is 19.2 Å². The lowest BCUT2D eigenvalue weighted by Gasteiger charge is -2.10. The normalized spacial score (nSPS) is 11.3. The number of aryl methyl sites for hydroxylation is 1. The molecular formula is C11H9BrClN3O2S. The Balaban J connectivity index is 2.44. The Bertz CT molecular complexity index is 722. The smallest absolute Gasteiger partial charge is 0.265 e. The maximum Gasteiger partial charge on any atom is 0.265 e. The number of anilines is 1. The van der Waals surface area contributed by atoms with Crippen molar-refractivity contribution in [2.45, 2.75) is 11.8 Å². The molecule has 5 nitrogen and oxygen atoms in total. The third-order valence-corrected chi connectivity index (χ3v) is 4.57. The van der Waals surface area contributed by atoms with Crippen molar-refractivity contribution in [2.75, 3.05) is 4.72 Å². The maximum atomic E-state index is 12.2. The molecule has 19 heavy (non-hydrogen) atoms. The largest absolute Gasteiger partial charge is 0.278 e. The number of nitrogens with one attached hydrogen (secondary N) is 1. The van der Waals surface area contributed by atoms with Crippen molar-refractivity contribution >= 4 is 43.2 Å². The average molecular weight is 363 g/mol. The maximum absolute atomic E-state index is 12.2. The van der Waals surface area contributed by atoms with Crippen LogP contribution in [-0.4, -0.2) is 18.4 Å². The van der Waals surface area contributed by atoms with Gasteiger partial charge in [-0.05, 0) is 40.5 Å². The van der Waals surface area contributed by atoms with Gasteiger partial charge in [0.2, 0.25) is 0 Å². The van der Waals surface area contributed by atoms with E-state index < -0.39 is 10.0 Å². The highest BCUT2D eigenvalue weighted by Gasteiger charge is 2.20. The van der Waals surface area contributed by atoms with E-state index in [0.717, 1.165) is 5.56 Å². The lowest BCUT2D eigenvalue weighted by molar-refractivity contribution is 0.600. The number of rotatable bonds is 3. The van der Waals surface area contributed by atoms with Crippen LogP contribution in [0.3, 0.4) is 0 Å². The fourth-order valence-electron chi connectivity index (χ4n) is 1.36. The Morgan fingerprint density at radius 3 is 2.79 bits per heavy atom. The molecule has 0 saturated carbocycles. The summed E-state index contributed by atoms with van der Waals surface area (Å²) >= 11 is 8.98. The highest BCUT2D eigenvalue weighted by Crippen LogP contribution is 2.25. The Hall–Kier alpha value is -1.18. The van der Waals surface area contributed by atoms with Crippen molar-refractivity contribution < 1.29 is 8.42 Å². The lowest BCUT2D eigenvalue weighted by Crippen LogP contribution is -2.15. The number of halogens is 2. The van der Waals surface area contributed by atoms with Crippen molar-refractivity contribution in [1.82, 2.24) is 9.97 Å². The van der Waals surface area contributed by atoms with E-state index in [-0.39, 0.29) is 10.0 Å². The van der Waals surface area contributed by atoms with E-state index in [1.807, 2.05) is 0 Å². The van der Waals surface area contributed by atoms with Crippen molar-refractivity contribution in [3.8, 4) is 0 Å². The van der Waals surface area contributed by atoms with Gasteiger partial charge in [0.15, 0.2) is 0 Å². The monoisotopic (exact) mass is 361 g/mol.